The topological polar surface area (TPSA) is 83.2 Å². The van der Waals surface area contributed by atoms with Crippen LogP contribution < -0.4 is 16.4 Å². The molecule has 1 saturated heterocycles. The van der Waals surface area contributed by atoms with Gasteiger partial charge in [-0.05, 0) is 6.42 Å². The predicted octanol–water partition coefficient (Wildman–Crippen LogP) is -1.15. The first-order chi connectivity index (χ1) is 5.79. The van der Waals surface area contributed by atoms with E-state index in [0.29, 0.717) is 6.54 Å². The highest BCUT2D eigenvalue weighted by Crippen LogP contribution is 1.99. The fraction of sp³-hybridized carbons (Fsp3) is 0.857. The minimum Gasteiger partial charge on any atom is -0.376 e. The molecule has 12 heavy (non-hydrogen) atoms. The van der Waals surface area contributed by atoms with Gasteiger partial charge in [0.2, 0.25) is 0 Å². The lowest BCUT2D eigenvalue weighted by Crippen LogP contribution is -2.41. The Morgan fingerprint density at radius 3 is 3.17 bits per heavy atom. The molecule has 70 valence electrons. The third-order valence-electron chi connectivity index (χ3n) is 1.79. The Morgan fingerprint density at radius 1 is 1.75 bits per heavy atom. The lowest BCUT2D eigenvalue weighted by atomic mass is 10.2. The van der Waals surface area contributed by atoms with Gasteiger partial charge in [0.25, 0.3) is 0 Å². The number of nitrogens with two attached hydrogens (primary N) is 1. The highest BCUT2D eigenvalue weighted by Gasteiger charge is 2.11. The van der Waals surface area contributed by atoms with Gasteiger partial charge < -0.3 is 21.1 Å². The molecule has 5 N–H and O–H groups in total. The van der Waals surface area contributed by atoms with E-state index in [-0.39, 0.29) is 12.1 Å². The van der Waals surface area contributed by atoms with E-state index in [2.05, 4.69) is 10.6 Å². The number of rotatable bonds is 3. The van der Waals surface area contributed by atoms with Crippen molar-refractivity contribution >= 4 is 5.96 Å². The highest BCUT2D eigenvalue weighted by atomic mass is 16.5. The Kier molecular flexibility index (Phi) is 3.83. The molecular weight excluding hydrogens is 156 g/mol. The van der Waals surface area contributed by atoms with Gasteiger partial charge in [0.1, 0.15) is 0 Å². The van der Waals surface area contributed by atoms with Crippen LogP contribution in [0.25, 0.3) is 0 Å². The van der Waals surface area contributed by atoms with Crippen molar-refractivity contribution in [2.24, 2.45) is 5.73 Å². The van der Waals surface area contributed by atoms with E-state index < -0.39 is 0 Å². The maximum atomic E-state index is 6.92. The molecule has 0 spiro atoms. The van der Waals surface area contributed by atoms with Gasteiger partial charge in [0.05, 0.1) is 12.7 Å². The van der Waals surface area contributed by atoms with Crippen molar-refractivity contribution in [3.63, 3.8) is 0 Å². The summed E-state index contributed by atoms with van der Waals surface area (Å²) in [5.74, 6) is 0.0266. The molecule has 0 amide bonds. The van der Waals surface area contributed by atoms with E-state index in [1.165, 1.54) is 0 Å². The number of guanidine groups is 1. The van der Waals surface area contributed by atoms with Gasteiger partial charge in [-0.2, -0.15) is 0 Å². The third-order valence-corrected chi connectivity index (χ3v) is 1.79. The van der Waals surface area contributed by atoms with Gasteiger partial charge >= 0.3 is 0 Å². The van der Waals surface area contributed by atoms with E-state index in [9.17, 15) is 0 Å². The zero-order valence-electron chi connectivity index (χ0n) is 7.10. The SMILES string of the molecule is N=C(N)NCCC1CNCCO1. The van der Waals surface area contributed by atoms with Crippen LogP contribution in [0.4, 0.5) is 0 Å². The quantitative estimate of drug-likeness (QED) is 0.320. The minimum absolute atomic E-state index is 0.0266. The maximum absolute atomic E-state index is 6.92. The second-order valence-electron chi connectivity index (χ2n) is 2.83. The summed E-state index contributed by atoms with van der Waals surface area (Å²) in [6.45, 7) is 3.34. The molecule has 1 aliphatic heterocycles. The molecule has 0 aliphatic carbocycles. The number of ether oxygens (including phenoxy) is 1. The van der Waals surface area contributed by atoms with E-state index >= 15 is 0 Å². The van der Waals surface area contributed by atoms with Crippen LogP contribution in [-0.2, 0) is 4.74 Å². The molecule has 0 aromatic heterocycles. The van der Waals surface area contributed by atoms with Crippen LogP contribution in [0, 0.1) is 5.41 Å². The van der Waals surface area contributed by atoms with Crippen LogP contribution >= 0.6 is 0 Å². The zero-order chi connectivity index (χ0) is 8.81. The van der Waals surface area contributed by atoms with Gasteiger partial charge in [-0.1, -0.05) is 0 Å². The number of hydrogen-bond acceptors (Lipinski definition) is 3. The lowest BCUT2D eigenvalue weighted by molar-refractivity contribution is 0.0245. The zero-order valence-corrected chi connectivity index (χ0v) is 7.10. The summed E-state index contributed by atoms with van der Waals surface area (Å²) in [7, 11) is 0. The second-order valence-corrected chi connectivity index (χ2v) is 2.83. The molecule has 5 nitrogen and oxygen atoms in total. The molecule has 0 radical (unpaired) electrons. The predicted molar refractivity (Wildman–Crippen MR) is 47.1 cm³/mol. The van der Waals surface area contributed by atoms with Crippen molar-refractivity contribution in [2.45, 2.75) is 12.5 Å². The van der Waals surface area contributed by atoms with Gasteiger partial charge in [0, 0.05) is 19.6 Å². The summed E-state index contributed by atoms with van der Waals surface area (Å²) in [6.07, 6.45) is 1.16. The van der Waals surface area contributed by atoms with Crippen LogP contribution in [0.3, 0.4) is 0 Å². The summed E-state index contributed by atoms with van der Waals surface area (Å²) >= 11 is 0. The number of hydrogen-bond donors (Lipinski definition) is 4. The van der Waals surface area contributed by atoms with Crippen LogP contribution in [0.15, 0.2) is 0 Å². The van der Waals surface area contributed by atoms with Crippen molar-refractivity contribution in [3.8, 4) is 0 Å². The Hall–Kier alpha value is -0.810. The molecule has 5 heteroatoms. The van der Waals surface area contributed by atoms with Crippen molar-refractivity contribution in [1.82, 2.24) is 10.6 Å². The second kappa shape index (κ2) is 4.95. The van der Waals surface area contributed by atoms with Crippen molar-refractivity contribution < 1.29 is 4.74 Å². The average Bonchev–Trinajstić information content (AvgIpc) is 2.05. The van der Waals surface area contributed by atoms with Gasteiger partial charge in [-0.25, -0.2) is 0 Å². The summed E-state index contributed by atoms with van der Waals surface area (Å²) < 4.78 is 5.45. The molecule has 1 aliphatic rings. The van der Waals surface area contributed by atoms with E-state index in [0.717, 1.165) is 26.1 Å². The summed E-state index contributed by atoms with van der Waals surface area (Å²) in [5.41, 5.74) is 5.12. The van der Waals surface area contributed by atoms with E-state index in [4.69, 9.17) is 15.9 Å². The third kappa shape index (κ3) is 3.54. The maximum Gasteiger partial charge on any atom is 0.185 e. The lowest BCUT2D eigenvalue weighted by Gasteiger charge is -2.23. The van der Waals surface area contributed by atoms with Crippen molar-refractivity contribution in [2.75, 3.05) is 26.2 Å². The molecule has 0 aromatic rings. The van der Waals surface area contributed by atoms with Gasteiger partial charge in [-0.3, -0.25) is 5.41 Å². The first kappa shape index (κ1) is 9.28. The molecule has 1 atom stereocenters. The van der Waals surface area contributed by atoms with Crippen molar-refractivity contribution in [3.05, 3.63) is 0 Å². The monoisotopic (exact) mass is 172 g/mol. The molecule has 1 rings (SSSR count). The molecular formula is C7H16N4O. The number of morpholine rings is 1. The Bertz CT molecular complexity index is 144. The first-order valence-electron chi connectivity index (χ1n) is 4.19. The normalized spacial score (nSPS) is 23.5. The largest absolute Gasteiger partial charge is 0.376 e. The van der Waals surface area contributed by atoms with Gasteiger partial charge in [-0.15, -0.1) is 0 Å². The molecule has 0 bridgehead atoms. The Balaban J connectivity index is 2.01. The van der Waals surface area contributed by atoms with Crippen LogP contribution in [0.2, 0.25) is 0 Å². The number of nitrogens with one attached hydrogen (secondary N) is 3. The smallest absolute Gasteiger partial charge is 0.185 e. The van der Waals surface area contributed by atoms with Crippen LogP contribution in [0.5, 0.6) is 0 Å². The van der Waals surface area contributed by atoms with Crippen LogP contribution in [-0.4, -0.2) is 38.3 Å². The fourth-order valence-corrected chi connectivity index (χ4v) is 1.17. The molecule has 0 aromatic carbocycles. The molecule has 1 heterocycles. The molecule has 1 fully saturated rings. The average molecular weight is 172 g/mol. The highest BCUT2D eigenvalue weighted by molar-refractivity contribution is 5.74. The Morgan fingerprint density at radius 2 is 2.58 bits per heavy atom. The molecule has 1 unspecified atom stereocenters. The van der Waals surface area contributed by atoms with Gasteiger partial charge in [0.15, 0.2) is 5.96 Å². The standard InChI is InChI=1S/C7H16N4O/c8-7(9)11-2-1-6-5-10-3-4-12-6/h6,10H,1-5H2,(H4,8,9,11). The van der Waals surface area contributed by atoms with E-state index in [1.807, 2.05) is 0 Å². The Labute approximate surface area is 72.2 Å². The fourth-order valence-electron chi connectivity index (χ4n) is 1.17. The van der Waals surface area contributed by atoms with E-state index in [1.54, 1.807) is 0 Å². The molecule has 0 saturated carbocycles. The minimum atomic E-state index is 0.0266. The first-order valence-corrected chi connectivity index (χ1v) is 4.19. The summed E-state index contributed by atoms with van der Waals surface area (Å²) in [4.78, 5) is 0. The van der Waals surface area contributed by atoms with Crippen LogP contribution in [0.1, 0.15) is 6.42 Å². The summed E-state index contributed by atoms with van der Waals surface area (Å²) in [6, 6.07) is 0. The summed E-state index contributed by atoms with van der Waals surface area (Å²) in [5, 5.41) is 12.9. The van der Waals surface area contributed by atoms with Crippen molar-refractivity contribution in [1.29, 1.82) is 5.41 Å².